The number of aromatic amines is 1. The van der Waals surface area contributed by atoms with Gasteiger partial charge in [0, 0.05) is 6.04 Å². The zero-order valence-electron chi connectivity index (χ0n) is 14.3. The van der Waals surface area contributed by atoms with Crippen molar-refractivity contribution in [2.75, 3.05) is 14.2 Å². The van der Waals surface area contributed by atoms with E-state index in [2.05, 4.69) is 21.9 Å². The van der Waals surface area contributed by atoms with Crippen molar-refractivity contribution in [1.29, 1.82) is 0 Å². The Bertz CT molecular complexity index is 805. The van der Waals surface area contributed by atoms with Gasteiger partial charge in [0.25, 0.3) is 5.56 Å². The number of hydrogen-bond donors (Lipinski definition) is 1. The molecule has 1 N–H and O–H groups in total. The number of nitrogens with one attached hydrogen (secondary N) is 1. The van der Waals surface area contributed by atoms with Crippen molar-refractivity contribution in [2.45, 2.75) is 51.6 Å². The summed E-state index contributed by atoms with van der Waals surface area (Å²) in [7, 11) is 3.42. The largest absolute Gasteiger partial charge is 0.465 e. The average molecular weight is 349 g/mol. The van der Waals surface area contributed by atoms with Gasteiger partial charge < -0.3 is 9.72 Å². The Morgan fingerprint density at radius 3 is 2.75 bits per heavy atom. The number of rotatable bonds is 4. The Kier molecular flexibility index (Phi) is 5.01. The molecule has 1 aliphatic carbocycles. The molecule has 0 saturated heterocycles. The molecule has 2 heterocycles. The third kappa shape index (κ3) is 3.23. The van der Waals surface area contributed by atoms with Crippen molar-refractivity contribution >= 4 is 27.5 Å². The van der Waals surface area contributed by atoms with E-state index in [1.807, 2.05) is 0 Å². The minimum absolute atomic E-state index is 0.184. The van der Waals surface area contributed by atoms with Crippen molar-refractivity contribution in [1.82, 2.24) is 14.9 Å². The van der Waals surface area contributed by atoms with Gasteiger partial charge in [-0.3, -0.25) is 9.69 Å². The number of thiophene rings is 1. The predicted octanol–water partition coefficient (Wildman–Crippen LogP) is 2.84. The van der Waals surface area contributed by atoms with Crippen LogP contribution in [-0.2, 0) is 11.3 Å². The maximum atomic E-state index is 12.4. The highest BCUT2D eigenvalue weighted by molar-refractivity contribution is 7.20. The van der Waals surface area contributed by atoms with Crippen LogP contribution in [0.4, 0.5) is 0 Å². The first-order valence-electron chi connectivity index (χ1n) is 8.32. The second-order valence-corrected chi connectivity index (χ2v) is 7.45. The van der Waals surface area contributed by atoms with Crippen molar-refractivity contribution in [2.24, 2.45) is 0 Å². The van der Waals surface area contributed by atoms with Crippen LogP contribution in [0, 0.1) is 6.92 Å². The standard InChI is InChI=1S/C17H23N3O3S/c1-10-13-15(21)18-12(9-20(2)11-7-5-4-6-8-11)19-16(13)24-14(10)17(22)23-3/h11H,4-9H2,1-3H3,(H,18,19,21). The molecule has 7 heteroatoms. The van der Waals surface area contributed by atoms with Crippen LogP contribution in [0.1, 0.15) is 53.2 Å². The molecule has 1 aliphatic rings. The molecule has 0 aliphatic heterocycles. The molecule has 0 aromatic carbocycles. The van der Waals surface area contributed by atoms with E-state index in [4.69, 9.17) is 4.74 Å². The molecule has 130 valence electrons. The molecule has 2 aromatic heterocycles. The van der Waals surface area contributed by atoms with E-state index in [-0.39, 0.29) is 5.56 Å². The summed E-state index contributed by atoms with van der Waals surface area (Å²) >= 11 is 1.22. The number of ether oxygens (including phenoxy) is 1. The third-order valence-corrected chi connectivity index (χ3v) is 5.98. The summed E-state index contributed by atoms with van der Waals surface area (Å²) in [5.74, 6) is 0.231. The lowest BCUT2D eigenvalue weighted by molar-refractivity contribution is 0.0605. The number of aromatic nitrogens is 2. The van der Waals surface area contributed by atoms with Gasteiger partial charge in [0.05, 0.1) is 19.0 Å². The smallest absolute Gasteiger partial charge is 0.348 e. The first-order chi connectivity index (χ1) is 11.5. The van der Waals surface area contributed by atoms with Crippen molar-refractivity contribution in [3.05, 3.63) is 26.6 Å². The lowest BCUT2D eigenvalue weighted by Crippen LogP contribution is -2.34. The van der Waals surface area contributed by atoms with Crippen molar-refractivity contribution < 1.29 is 9.53 Å². The quantitative estimate of drug-likeness (QED) is 0.859. The van der Waals surface area contributed by atoms with Gasteiger partial charge in [-0.25, -0.2) is 9.78 Å². The molecule has 2 aromatic rings. The highest BCUT2D eigenvalue weighted by Gasteiger charge is 2.22. The first-order valence-corrected chi connectivity index (χ1v) is 9.13. The summed E-state index contributed by atoms with van der Waals surface area (Å²) < 4.78 is 4.78. The van der Waals surface area contributed by atoms with E-state index in [1.54, 1.807) is 6.92 Å². The van der Waals surface area contributed by atoms with Crippen LogP contribution in [0.25, 0.3) is 10.2 Å². The summed E-state index contributed by atoms with van der Waals surface area (Å²) in [5, 5.41) is 0.490. The monoisotopic (exact) mass is 349 g/mol. The molecular weight excluding hydrogens is 326 g/mol. The van der Waals surface area contributed by atoms with E-state index in [0.29, 0.717) is 39.1 Å². The van der Waals surface area contributed by atoms with Gasteiger partial charge in [-0.15, -0.1) is 11.3 Å². The van der Waals surface area contributed by atoms with E-state index >= 15 is 0 Å². The SMILES string of the molecule is COC(=O)c1sc2nc(CN(C)C3CCCCC3)[nH]c(=O)c2c1C. The molecule has 0 spiro atoms. The normalized spacial score (nSPS) is 16.0. The number of methoxy groups -OCH3 is 1. The second kappa shape index (κ2) is 7.03. The predicted molar refractivity (Wildman–Crippen MR) is 94.7 cm³/mol. The van der Waals surface area contributed by atoms with E-state index in [0.717, 1.165) is 0 Å². The minimum atomic E-state index is -0.421. The highest BCUT2D eigenvalue weighted by Crippen LogP contribution is 2.28. The van der Waals surface area contributed by atoms with Crippen LogP contribution in [0.3, 0.4) is 0 Å². The van der Waals surface area contributed by atoms with Crippen LogP contribution in [0.2, 0.25) is 0 Å². The average Bonchev–Trinajstić information content (AvgIpc) is 2.92. The maximum Gasteiger partial charge on any atom is 0.348 e. The van der Waals surface area contributed by atoms with Crippen LogP contribution in [0.15, 0.2) is 4.79 Å². The Morgan fingerprint density at radius 1 is 1.38 bits per heavy atom. The van der Waals surface area contributed by atoms with E-state index < -0.39 is 5.97 Å². The van der Waals surface area contributed by atoms with Gasteiger partial charge in [0.2, 0.25) is 0 Å². The lowest BCUT2D eigenvalue weighted by atomic mass is 9.94. The van der Waals surface area contributed by atoms with Crippen LogP contribution >= 0.6 is 11.3 Å². The van der Waals surface area contributed by atoms with Crippen LogP contribution in [-0.4, -0.2) is 41.0 Å². The molecule has 0 amide bonds. The van der Waals surface area contributed by atoms with Gasteiger partial charge >= 0.3 is 5.97 Å². The fourth-order valence-electron chi connectivity index (χ4n) is 3.44. The number of H-pyrrole nitrogens is 1. The summed E-state index contributed by atoms with van der Waals surface area (Å²) in [6.07, 6.45) is 6.26. The number of nitrogens with zero attached hydrogens (tertiary/aromatic N) is 2. The van der Waals surface area contributed by atoms with Crippen molar-refractivity contribution in [3.8, 4) is 0 Å². The fraction of sp³-hybridized carbons (Fsp3) is 0.588. The highest BCUT2D eigenvalue weighted by atomic mass is 32.1. The number of fused-ring (bicyclic) bond motifs is 1. The zero-order chi connectivity index (χ0) is 17.3. The Morgan fingerprint density at radius 2 is 2.08 bits per heavy atom. The van der Waals surface area contributed by atoms with Gasteiger partial charge in [-0.2, -0.15) is 0 Å². The zero-order valence-corrected chi connectivity index (χ0v) is 15.2. The number of esters is 1. The molecule has 24 heavy (non-hydrogen) atoms. The van der Waals surface area contributed by atoms with E-state index in [9.17, 15) is 9.59 Å². The summed E-state index contributed by atoms with van der Waals surface area (Å²) in [6, 6.07) is 0.551. The molecule has 0 unspecified atom stereocenters. The number of aryl methyl sites for hydroxylation is 1. The number of carbonyl (C=O) groups excluding carboxylic acids is 1. The van der Waals surface area contributed by atoms with Gasteiger partial charge in [-0.1, -0.05) is 19.3 Å². The van der Waals surface area contributed by atoms with Crippen molar-refractivity contribution in [3.63, 3.8) is 0 Å². The molecule has 1 saturated carbocycles. The Labute approximate surface area is 144 Å². The topological polar surface area (TPSA) is 75.3 Å². The lowest BCUT2D eigenvalue weighted by Gasteiger charge is -2.30. The summed E-state index contributed by atoms with van der Waals surface area (Å²) in [5.41, 5.74) is 0.457. The molecule has 6 nitrogen and oxygen atoms in total. The summed E-state index contributed by atoms with van der Waals surface area (Å²) in [6.45, 7) is 2.37. The molecule has 0 atom stereocenters. The first kappa shape index (κ1) is 17.1. The van der Waals surface area contributed by atoms with E-state index in [1.165, 1.54) is 50.6 Å². The molecule has 3 rings (SSSR count). The Hall–Kier alpha value is -1.73. The fourth-order valence-corrected chi connectivity index (χ4v) is 4.56. The van der Waals surface area contributed by atoms with Crippen LogP contribution in [0.5, 0.6) is 0 Å². The maximum absolute atomic E-state index is 12.4. The van der Waals surface area contributed by atoms with Gasteiger partial charge in [0.15, 0.2) is 0 Å². The molecule has 0 bridgehead atoms. The third-order valence-electron chi connectivity index (χ3n) is 4.82. The molecular formula is C17H23N3O3S. The molecule has 0 radical (unpaired) electrons. The summed E-state index contributed by atoms with van der Waals surface area (Å²) in [4.78, 5) is 35.0. The second-order valence-electron chi connectivity index (χ2n) is 6.45. The molecule has 1 fully saturated rings. The van der Waals surface area contributed by atoms with Crippen LogP contribution < -0.4 is 5.56 Å². The number of hydrogen-bond acceptors (Lipinski definition) is 6. The minimum Gasteiger partial charge on any atom is -0.465 e. The Balaban J connectivity index is 1.90. The number of carbonyl (C=O) groups is 1. The van der Waals surface area contributed by atoms with Gasteiger partial charge in [0.1, 0.15) is 15.5 Å². The van der Waals surface area contributed by atoms with Gasteiger partial charge in [-0.05, 0) is 32.4 Å².